The maximum absolute atomic E-state index is 5.88. The highest BCUT2D eigenvalue weighted by Gasteiger charge is 2.39. The molecule has 1 heterocycles. The molecule has 0 atom stereocenters. The molecule has 0 aliphatic carbocycles. The smallest absolute Gasteiger partial charge is 0.103 e. The molecule has 0 bridgehead atoms. The molecule has 13 heavy (non-hydrogen) atoms. The zero-order chi connectivity index (χ0) is 9.31. The molecule has 4 heteroatoms. The van der Waals surface area contributed by atoms with Crippen LogP contribution in [-0.4, -0.2) is 13.2 Å². The lowest BCUT2D eigenvalue weighted by Gasteiger charge is -2.41. The van der Waals surface area contributed by atoms with Crippen LogP contribution >= 0.6 is 11.6 Å². The normalized spacial score (nSPS) is 19.5. The molecule has 0 unspecified atom stereocenters. The predicted molar refractivity (Wildman–Crippen MR) is 51.3 cm³/mol. The van der Waals surface area contributed by atoms with Gasteiger partial charge in [0, 0.05) is 5.02 Å². The van der Waals surface area contributed by atoms with Crippen LogP contribution < -0.4 is 11.3 Å². The topological polar surface area (TPSA) is 47.3 Å². The summed E-state index contributed by atoms with van der Waals surface area (Å²) in [4.78, 5) is 0. The maximum Gasteiger partial charge on any atom is 0.103 e. The van der Waals surface area contributed by atoms with Gasteiger partial charge in [-0.2, -0.15) is 0 Å². The van der Waals surface area contributed by atoms with Crippen LogP contribution in [0.3, 0.4) is 0 Å². The Kier molecular flexibility index (Phi) is 2.26. The third-order valence-electron chi connectivity index (χ3n) is 2.35. The predicted octanol–water partition coefficient (Wildman–Crippen LogP) is 1.03. The van der Waals surface area contributed by atoms with Crippen LogP contribution in [0.4, 0.5) is 0 Å². The Bertz CT molecular complexity index is 307. The second-order valence-corrected chi connectivity index (χ2v) is 3.67. The summed E-state index contributed by atoms with van der Waals surface area (Å²) >= 11 is 5.88. The molecule has 70 valence electrons. The Hall–Kier alpha value is -0.610. The molecule has 0 spiro atoms. The summed E-state index contributed by atoms with van der Waals surface area (Å²) in [7, 11) is 0. The van der Waals surface area contributed by atoms with E-state index in [1.54, 1.807) is 0 Å². The molecule has 1 aromatic rings. The van der Waals surface area contributed by atoms with Crippen molar-refractivity contribution in [2.24, 2.45) is 5.84 Å². The minimum absolute atomic E-state index is 0.231. The van der Waals surface area contributed by atoms with Crippen molar-refractivity contribution in [3.05, 3.63) is 34.9 Å². The van der Waals surface area contributed by atoms with Gasteiger partial charge in [-0.3, -0.25) is 5.84 Å². The lowest BCUT2D eigenvalue weighted by molar-refractivity contribution is -0.0786. The molecule has 1 aromatic carbocycles. The highest BCUT2D eigenvalue weighted by Crippen LogP contribution is 2.29. The van der Waals surface area contributed by atoms with Gasteiger partial charge in [0.15, 0.2) is 0 Å². The molecule has 0 radical (unpaired) electrons. The molecule has 1 saturated heterocycles. The van der Waals surface area contributed by atoms with E-state index in [1.807, 2.05) is 24.3 Å². The highest BCUT2D eigenvalue weighted by atomic mass is 35.5. The molecular weight excluding hydrogens is 188 g/mol. The van der Waals surface area contributed by atoms with E-state index in [0.29, 0.717) is 13.2 Å². The van der Waals surface area contributed by atoms with Gasteiger partial charge in [-0.1, -0.05) is 23.7 Å². The molecule has 3 nitrogen and oxygen atoms in total. The molecule has 0 aromatic heterocycles. The minimum Gasteiger partial charge on any atom is -0.377 e. The van der Waals surface area contributed by atoms with E-state index >= 15 is 0 Å². The van der Waals surface area contributed by atoms with Crippen LogP contribution in [0.1, 0.15) is 5.56 Å². The van der Waals surface area contributed by atoms with E-state index in [0.717, 1.165) is 10.6 Å². The fourth-order valence-corrected chi connectivity index (χ4v) is 1.62. The van der Waals surface area contributed by atoms with Gasteiger partial charge in [-0.15, -0.1) is 0 Å². The molecule has 0 saturated carbocycles. The van der Waals surface area contributed by atoms with Crippen molar-refractivity contribution in [2.75, 3.05) is 13.2 Å². The van der Waals surface area contributed by atoms with E-state index in [1.165, 1.54) is 0 Å². The molecule has 1 aliphatic rings. The SMILES string of the molecule is NNC1(c2cccc(Cl)c2)COC1. The fourth-order valence-electron chi connectivity index (χ4n) is 1.43. The van der Waals surface area contributed by atoms with Gasteiger partial charge in [0.2, 0.25) is 0 Å². The second-order valence-electron chi connectivity index (χ2n) is 3.23. The lowest BCUT2D eigenvalue weighted by Crippen LogP contribution is -2.60. The molecule has 1 aliphatic heterocycles. The monoisotopic (exact) mass is 198 g/mol. The standard InChI is InChI=1S/C9H11ClN2O/c10-8-3-1-2-7(4-8)9(12-11)5-13-6-9/h1-4,12H,5-6,11H2. The van der Waals surface area contributed by atoms with Crippen molar-refractivity contribution in [1.82, 2.24) is 5.43 Å². The van der Waals surface area contributed by atoms with Crippen molar-refractivity contribution in [1.29, 1.82) is 0 Å². The van der Waals surface area contributed by atoms with Crippen LogP contribution in [0.5, 0.6) is 0 Å². The fraction of sp³-hybridized carbons (Fsp3) is 0.333. The second kappa shape index (κ2) is 3.27. The zero-order valence-electron chi connectivity index (χ0n) is 7.09. The first-order valence-electron chi connectivity index (χ1n) is 4.08. The number of hydrogen-bond acceptors (Lipinski definition) is 3. The van der Waals surface area contributed by atoms with Crippen molar-refractivity contribution in [3.8, 4) is 0 Å². The summed E-state index contributed by atoms with van der Waals surface area (Å²) in [5, 5.41) is 0.721. The van der Waals surface area contributed by atoms with Crippen LogP contribution in [-0.2, 0) is 10.3 Å². The summed E-state index contributed by atoms with van der Waals surface area (Å²) in [6.45, 7) is 1.20. The van der Waals surface area contributed by atoms with Crippen LogP contribution in [0.25, 0.3) is 0 Å². The Labute approximate surface area is 81.8 Å². The Balaban J connectivity index is 2.33. The average molecular weight is 199 g/mol. The molecule has 2 rings (SSSR count). The van der Waals surface area contributed by atoms with E-state index in [-0.39, 0.29) is 5.54 Å². The lowest BCUT2D eigenvalue weighted by atomic mass is 9.89. The first-order chi connectivity index (χ1) is 6.27. The number of ether oxygens (including phenoxy) is 1. The van der Waals surface area contributed by atoms with E-state index in [4.69, 9.17) is 22.2 Å². The van der Waals surface area contributed by atoms with Gasteiger partial charge in [0.25, 0.3) is 0 Å². The Morgan fingerprint density at radius 3 is 2.69 bits per heavy atom. The quantitative estimate of drug-likeness (QED) is 0.551. The number of rotatable bonds is 2. The summed E-state index contributed by atoms with van der Waals surface area (Å²) in [5.41, 5.74) is 3.62. The summed E-state index contributed by atoms with van der Waals surface area (Å²) in [6, 6.07) is 7.65. The Morgan fingerprint density at radius 1 is 1.46 bits per heavy atom. The van der Waals surface area contributed by atoms with Crippen molar-refractivity contribution in [2.45, 2.75) is 5.54 Å². The van der Waals surface area contributed by atoms with E-state index in [2.05, 4.69) is 5.43 Å². The number of benzene rings is 1. The van der Waals surface area contributed by atoms with Crippen molar-refractivity contribution < 1.29 is 4.74 Å². The van der Waals surface area contributed by atoms with Gasteiger partial charge in [0.1, 0.15) is 5.54 Å². The largest absolute Gasteiger partial charge is 0.377 e. The highest BCUT2D eigenvalue weighted by molar-refractivity contribution is 6.30. The third kappa shape index (κ3) is 1.44. The summed E-state index contributed by atoms with van der Waals surface area (Å²) < 4.78 is 5.14. The third-order valence-corrected chi connectivity index (χ3v) is 2.59. The van der Waals surface area contributed by atoms with Crippen LogP contribution in [0.2, 0.25) is 5.02 Å². The first kappa shape index (κ1) is 8.97. The van der Waals surface area contributed by atoms with Gasteiger partial charge in [0.05, 0.1) is 13.2 Å². The van der Waals surface area contributed by atoms with E-state index in [9.17, 15) is 0 Å². The maximum atomic E-state index is 5.88. The molecule has 3 N–H and O–H groups in total. The number of nitrogens with two attached hydrogens (primary N) is 1. The summed E-state index contributed by atoms with van der Waals surface area (Å²) in [5.74, 6) is 5.48. The van der Waals surface area contributed by atoms with Gasteiger partial charge in [-0.25, -0.2) is 5.43 Å². The zero-order valence-corrected chi connectivity index (χ0v) is 7.84. The van der Waals surface area contributed by atoms with Crippen molar-refractivity contribution in [3.63, 3.8) is 0 Å². The number of halogens is 1. The first-order valence-corrected chi connectivity index (χ1v) is 4.46. The Morgan fingerprint density at radius 2 is 2.23 bits per heavy atom. The molecule has 1 fully saturated rings. The summed E-state index contributed by atoms with van der Waals surface area (Å²) in [6.07, 6.45) is 0. The molecule has 0 amide bonds. The van der Waals surface area contributed by atoms with Gasteiger partial charge in [-0.05, 0) is 17.7 Å². The van der Waals surface area contributed by atoms with Gasteiger partial charge >= 0.3 is 0 Å². The number of hydrogen-bond donors (Lipinski definition) is 2. The number of nitrogens with one attached hydrogen (secondary N) is 1. The van der Waals surface area contributed by atoms with E-state index < -0.39 is 0 Å². The minimum atomic E-state index is -0.231. The van der Waals surface area contributed by atoms with Crippen LogP contribution in [0.15, 0.2) is 24.3 Å². The average Bonchev–Trinajstić information content (AvgIpc) is 2.03. The molecular formula is C9H11ClN2O. The van der Waals surface area contributed by atoms with Crippen molar-refractivity contribution >= 4 is 11.6 Å². The van der Waals surface area contributed by atoms with Gasteiger partial charge < -0.3 is 4.74 Å². The number of hydrazine groups is 1. The van der Waals surface area contributed by atoms with Crippen LogP contribution in [0, 0.1) is 0 Å².